The van der Waals surface area contributed by atoms with Crippen LogP contribution < -0.4 is 10.1 Å². The SMILES string of the molecule is Cc1ncsc1C(=O)N1Cc2ccccc2NCc2ccccc2OC[C@@H]1CC(C)C. The van der Waals surface area contributed by atoms with Gasteiger partial charge in [-0.1, -0.05) is 50.2 Å². The van der Waals surface area contributed by atoms with Gasteiger partial charge in [-0.2, -0.15) is 0 Å². The van der Waals surface area contributed by atoms with E-state index in [9.17, 15) is 4.79 Å². The molecule has 0 saturated carbocycles. The van der Waals surface area contributed by atoms with E-state index in [0.29, 0.717) is 30.5 Å². The Labute approximate surface area is 188 Å². The van der Waals surface area contributed by atoms with Crippen LogP contribution in [-0.4, -0.2) is 28.4 Å². The molecule has 1 N–H and O–H groups in total. The second kappa shape index (κ2) is 9.52. The number of thiazole rings is 1. The third-order valence-corrected chi connectivity index (χ3v) is 6.53. The number of benzene rings is 2. The van der Waals surface area contributed by atoms with E-state index in [4.69, 9.17) is 4.74 Å². The summed E-state index contributed by atoms with van der Waals surface area (Å²) >= 11 is 1.41. The standard InChI is InChI=1S/C25H29N3O2S/c1-17(2)12-21-15-30-23-11-7-5-8-19(23)13-26-22-10-6-4-9-20(22)14-28(21)25(29)24-18(3)27-16-31-24/h4-11,16-17,21,26H,12-15H2,1-3H3/t21-/m0/s1. The van der Waals surface area contributed by atoms with Gasteiger partial charge in [-0.15, -0.1) is 11.3 Å². The van der Waals surface area contributed by atoms with Crippen molar-refractivity contribution in [1.82, 2.24) is 9.88 Å². The molecule has 0 bridgehead atoms. The number of carbonyl (C=O) groups excluding carboxylic acids is 1. The van der Waals surface area contributed by atoms with Crippen LogP contribution in [0.4, 0.5) is 5.69 Å². The summed E-state index contributed by atoms with van der Waals surface area (Å²) in [6.07, 6.45) is 0.862. The summed E-state index contributed by atoms with van der Waals surface area (Å²) in [6.45, 7) is 7.93. The number of nitrogens with one attached hydrogen (secondary N) is 1. The quantitative estimate of drug-likeness (QED) is 0.589. The zero-order valence-corrected chi connectivity index (χ0v) is 19.1. The Bertz CT molecular complexity index is 1050. The van der Waals surface area contributed by atoms with Crippen LogP contribution in [0.5, 0.6) is 5.75 Å². The molecule has 31 heavy (non-hydrogen) atoms. The molecule has 2 aromatic carbocycles. The molecule has 1 amide bonds. The number of amides is 1. The molecule has 5 nitrogen and oxygen atoms in total. The molecule has 2 heterocycles. The van der Waals surface area contributed by atoms with Crippen molar-refractivity contribution in [2.24, 2.45) is 5.92 Å². The van der Waals surface area contributed by atoms with Crippen LogP contribution in [0.3, 0.4) is 0 Å². The molecule has 0 aliphatic carbocycles. The van der Waals surface area contributed by atoms with Crippen molar-refractivity contribution in [2.75, 3.05) is 11.9 Å². The number of aromatic nitrogens is 1. The lowest BCUT2D eigenvalue weighted by Crippen LogP contribution is -2.44. The molecular weight excluding hydrogens is 406 g/mol. The van der Waals surface area contributed by atoms with Gasteiger partial charge in [0.25, 0.3) is 5.91 Å². The van der Waals surface area contributed by atoms with Crippen molar-refractivity contribution < 1.29 is 9.53 Å². The first-order valence-corrected chi connectivity index (χ1v) is 11.6. The van der Waals surface area contributed by atoms with Gasteiger partial charge in [-0.05, 0) is 37.0 Å². The van der Waals surface area contributed by atoms with E-state index in [1.54, 1.807) is 5.51 Å². The molecule has 6 heteroatoms. The highest BCUT2D eigenvalue weighted by atomic mass is 32.1. The molecule has 1 aliphatic rings. The van der Waals surface area contributed by atoms with Crippen LogP contribution in [-0.2, 0) is 13.1 Å². The van der Waals surface area contributed by atoms with Crippen molar-refractivity contribution in [1.29, 1.82) is 0 Å². The summed E-state index contributed by atoms with van der Waals surface area (Å²) in [7, 11) is 0. The lowest BCUT2D eigenvalue weighted by atomic mass is 10.0. The molecule has 4 rings (SSSR count). The minimum Gasteiger partial charge on any atom is -0.491 e. The lowest BCUT2D eigenvalue weighted by Gasteiger charge is -2.33. The van der Waals surface area contributed by atoms with Crippen molar-refractivity contribution in [3.63, 3.8) is 0 Å². The third-order valence-electron chi connectivity index (χ3n) is 5.62. The predicted molar refractivity (Wildman–Crippen MR) is 126 cm³/mol. The first kappa shape index (κ1) is 21.4. The first-order valence-electron chi connectivity index (χ1n) is 10.8. The smallest absolute Gasteiger partial charge is 0.266 e. The fourth-order valence-electron chi connectivity index (χ4n) is 4.02. The molecule has 1 aliphatic heterocycles. The predicted octanol–water partition coefficient (Wildman–Crippen LogP) is 5.51. The molecule has 1 atom stereocenters. The van der Waals surface area contributed by atoms with Crippen LogP contribution in [0.2, 0.25) is 0 Å². The molecular formula is C25H29N3O2S. The van der Waals surface area contributed by atoms with Crippen molar-refractivity contribution in [3.05, 3.63) is 75.7 Å². The number of hydrogen-bond donors (Lipinski definition) is 1. The van der Waals surface area contributed by atoms with Gasteiger partial charge in [-0.3, -0.25) is 4.79 Å². The zero-order valence-electron chi connectivity index (χ0n) is 18.3. The number of fused-ring (bicyclic) bond motifs is 2. The largest absolute Gasteiger partial charge is 0.491 e. The van der Waals surface area contributed by atoms with Gasteiger partial charge in [0.1, 0.15) is 17.2 Å². The lowest BCUT2D eigenvalue weighted by molar-refractivity contribution is 0.0562. The summed E-state index contributed by atoms with van der Waals surface area (Å²) in [6, 6.07) is 16.3. The van der Waals surface area contributed by atoms with E-state index in [1.807, 2.05) is 42.2 Å². The summed E-state index contributed by atoms with van der Waals surface area (Å²) in [5.74, 6) is 1.32. The molecule has 1 aromatic heterocycles. The van der Waals surface area contributed by atoms with Crippen LogP contribution in [0.1, 0.15) is 46.8 Å². The number of para-hydroxylation sites is 2. The Morgan fingerprint density at radius 2 is 1.94 bits per heavy atom. The Hall–Kier alpha value is -2.86. The normalized spacial score (nSPS) is 16.5. The zero-order chi connectivity index (χ0) is 21.8. The summed E-state index contributed by atoms with van der Waals surface area (Å²) < 4.78 is 6.31. The summed E-state index contributed by atoms with van der Waals surface area (Å²) in [4.78, 5) is 20.7. The molecule has 0 spiro atoms. The number of rotatable bonds is 3. The molecule has 0 saturated heterocycles. The maximum atomic E-state index is 13.7. The number of anilines is 1. The van der Waals surface area contributed by atoms with Crippen molar-refractivity contribution in [2.45, 2.75) is 46.3 Å². The van der Waals surface area contributed by atoms with Gasteiger partial charge in [0.2, 0.25) is 0 Å². The van der Waals surface area contributed by atoms with E-state index >= 15 is 0 Å². The fraction of sp³-hybridized carbons (Fsp3) is 0.360. The highest BCUT2D eigenvalue weighted by Crippen LogP contribution is 2.28. The average molecular weight is 436 g/mol. The number of hydrogen-bond acceptors (Lipinski definition) is 5. The average Bonchev–Trinajstić information content (AvgIpc) is 3.18. The Balaban J connectivity index is 1.78. The van der Waals surface area contributed by atoms with Gasteiger partial charge in [0, 0.05) is 24.3 Å². The molecule has 162 valence electrons. The highest BCUT2D eigenvalue weighted by molar-refractivity contribution is 7.11. The second-order valence-electron chi connectivity index (χ2n) is 8.41. The van der Waals surface area contributed by atoms with E-state index in [0.717, 1.165) is 34.7 Å². The van der Waals surface area contributed by atoms with Crippen LogP contribution in [0.15, 0.2) is 54.0 Å². The minimum absolute atomic E-state index is 0.0246. The van der Waals surface area contributed by atoms with E-state index in [-0.39, 0.29) is 11.9 Å². The van der Waals surface area contributed by atoms with E-state index in [2.05, 4.69) is 42.3 Å². The number of ether oxygens (including phenoxy) is 1. The van der Waals surface area contributed by atoms with Gasteiger partial charge < -0.3 is 15.0 Å². The Morgan fingerprint density at radius 1 is 1.19 bits per heavy atom. The highest BCUT2D eigenvalue weighted by Gasteiger charge is 2.29. The Morgan fingerprint density at radius 3 is 2.68 bits per heavy atom. The van der Waals surface area contributed by atoms with Gasteiger partial charge in [0.05, 0.1) is 17.2 Å². The van der Waals surface area contributed by atoms with Gasteiger partial charge in [0.15, 0.2) is 0 Å². The van der Waals surface area contributed by atoms with Crippen LogP contribution in [0.25, 0.3) is 0 Å². The van der Waals surface area contributed by atoms with Crippen LogP contribution >= 0.6 is 11.3 Å². The number of carbonyl (C=O) groups is 1. The summed E-state index contributed by atoms with van der Waals surface area (Å²) in [5, 5.41) is 3.55. The molecule has 0 fully saturated rings. The Kier molecular flexibility index (Phi) is 6.56. The van der Waals surface area contributed by atoms with Gasteiger partial charge >= 0.3 is 0 Å². The summed E-state index contributed by atoms with van der Waals surface area (Å²) in [5.41, 5.74) is 5.78. The first-order chi connectivity index (χ1) is 15.0. The molecule has 0 unspecified atom stereocenters. The van der Waals surface area contributed by atoms with E-state index in [1.165, 1.54) is 11.3 Å². The topological polar surface area (TPSA) is 54.5 Å². The maximum absolute atomic E-state index is 13.7. The molecule has 3 aromatic rings. The third kappa shape index (κ3) is 4.90. The van der Waals surface area contributed by atoms with E-state index < -0.39 is 0 Å². The van der Waals surface area contributed by atoms with Crippen molar-refractivity contribution in [3.8, 4) is 5.75 Å². The number of aryl methyl sites for hydroxylation is 1. The minimum atomic E-state index is -0.0480. The monoisotopic (exact) mass is 435 g/mol. The van der Waals surface area contributed by atoms with Crippen LogP contribution in [0, 0.1) is 12.8 Å². The number of nitrogens with zero attached hydrogens (tertiary/aromatic N) is 2. The maximum Gasteiger partial charge on any atom is 0.266 e. The van der Waals surface area contributed by atoms with Gasteiger partial charge in [-0.25, -0.2) is 4.98 Å². The van der Waals surface area contributed by atoms with Crippen molar-refractivity contribution >= 4 is 22.9 Å². The molecule has 0 radical (unpaired) electrons. The fourth-order valence-corrected chi connectivity index (χ4v) is 4.77. The second-order valence-corrected chi connectivity index (χ2v) is 9.27.